The number of ether oxygens (including phenoxy) is 3. The van der Waals surface area contributed by atoms with E-state index in [1.54, 1.807) is 7.11 Å². The number of carbonyl (C=O) groups is 1. The molecular formula is C16H23NO4. The average molecular weight is 293 g/mol. The minimum Gasteiger partial charge on any atom is -0.493 e. The third kappa shape index (κ3) is 4.36. The molecule has 1 fully saturated rings. The number of methoxy groups -OCH3 is 2. The van der Waals surface area contributed by atoms with Gasteiger partial charge in [-0.3, -0.25) is 10.1 Å². The third-order valence-corrected chi connectivity index (χ3v) is 3.54. The van der Waals surface area contributed by atoms with Crippen LogP contribution in [0.4, 0.5) is 0 Å². The van der Waals surface area contributed by atoms with Gasteiger partial charge in [0.05, 0.1) is 14.2 Å². The highest BCUT2D eigenvalue weighted by Gasteiger charge is 2.29. The first-order valence-electron chi connectivity index (χ1n) is 7.31. The van der Waals surface area contributed by atoms with Gasteiger partial charge in [0, 0.05) is 6.04 Å². The number of aryl methyl sites for hydroxylation is 1. The van der Waals surface area contributed by atoms with Gasteiger partial charge < -0.3 is 14.2 Å². The normalized spacial score (nSPS) is 15.4. The Morgan fingerprint density at radius 1 is 1.33 bits per heavy atom. The molecule has 116 valence electrons. The number of benzene rings is 1. The first-order chi connectivity index (χ1) is 10.2. The van der Waals surface area contributed by atoms with Crippen LogP contribution in [0.15, 0.2) is 18.2 Å². The summed E-state index contributed by atoms with van der Waals surface area (Å²) in [6.07, 6.45) is 3.13. The van der Waals surface area contributed by atoms with Gasteiger partial charge in [0.25, 0.3) is 0 Å². The van der Waals surface area contributed by atoms with Crippen molar-refractivity contribution in [3.05, 3.63) is 23.8 Å². The first-order valence-corrected chi connectivity index (χ1v) is 7.31. The smallest absolute Gasteiger partial charge is 0.326 e. The minimum absolute atomic E-state index is 0.227. The van der Waals surface area contributed by atoms with E-state index in [0.717, 1.165) is 19.3 Å². The molecule has 1 aromatic rings. The first kappa shape index (κ1) is 15.6. The molecule has 1 N–H and O–H groups in total. The Balaban J connectivity index is 2.00. The van der Waals surface area contributed by atoms with Crippen molar-refractivity contribution in [1.82, 2.24) is 5.32 Å². The molecule has 5 nitrogen and oxygen atoms in total. The van der Waals surface area contributed by atoms with E-state index in [1.165, 1.54) is 12.7 Å². The Morgan fingerprint density at radius 3 is 2.67 bits per heavy atom. The van der Waals surface area contributed by atoms with Crippen LogP contribution in [-0.4, -0.2) is 38.9 Å². The zero-order valence-electron chi connectivity index (χ0n) is 12.8. The highest BCUT2D eigenvalue weighted by molar-refractivity contribution is 5.76. The van der Waals surface area contributed by atoms with E-state index < -0.39 is 6.04 Å². The highest BCUT2D eigenvalue weighted by atomic mass is 16.5. The summed E-state index contributed by atoms with van der Waals surface area (Å²) in [5, 5.41) is 3.23. The minimum atomic E-state index is -0.446. The Bertz CT molecular complexity index is 485. The molecule has 0 bridgehead atoms. The highest BCUT2D eigenvalue weighted by Crippen LogP contribution is 2.28. The van der Waals surface area contributed by atoms with E-state index >= 15 is 0 Å². The van der Waals surface area contributed by atoms with Crippen molar-refractivity contribution in [1.29, 1.82) is 0 Å². The van der Waals surface area contributed by atoms with Crippen molar-refractivity contribution < 1.29 is 19.0 Å². The van der Waals surface area contributed by atoms with Crippen LogP contribution >= 0.6 is 0 Å². The van der Waals surface area contributed by atoms with Crippen LogP contribution in [0.25, 0.3) is 0 Å². The topological polar surface area (TPSA) is 56.8 Å². The molecule has 0 radical (unpaired) electrons. The second-order valence-electron chi connectivity index (χ2n) is 5.17. The van der Waals surface area contributed by atoms with Crippen LogP contribution in [0.3, 0.4) is 0 Å². The summed E-state index contributed by atoms with van der Waals surface area (Å²) in [4.78, 5) is 11.8. The maximum atomic E-state index is 11.8. The Labute approximate surface area is 125 Å². The number of nitrogens with one attached hydrogen (secondary N) is 1. The SMILES string of the molecule is CCc1ccc(OCC(NC2CC2)C(=O)OC)c(OC)c1. The van der Waals surface area contributed by atoms with Crippen LogP contribution in [0, 0.1) is 0 Å². The summed E-state index contributed by atoms with van der Waals surface area (Å²) in [5.41, 5.74) is 1.18. The summed E-state index contributed by atoms with van der Waals surface area (Å²) in [6.45, 7) is 2.31. The number of hydrogen-bond acceptors (Lipinski definition) is 5. The molecule has 1 atom stereocenters. The Hall–Kier alpha value is -1.75. The monoisotopic (exact) mass is 293 g/mol. The van der Waals surface area contributed by atoms with Gasteiger partial charge in [0.2, 0.25) is 0 Å². The summed E-state index contributed by atoms with van der Waals surface area (Å²) >= 11 is 0. The van der Waals surface area contributed by atoms with Crippen molar-refractivity contribution in [2.45, 2.75) is 38.3 Å². The van der Waals surface area contributed by atoms with Crippen molar-refractivity contribution >= 4 is 5.97 Å². The van der Waals surface area contributed by atoms with Gasteiger partial charge >= 0.3 is 5.97 Å². The van der Waals surface area contributed by atoms with Gasteiger partial charge in [-0.25, -0.2) is 0 Å². The van der Waals surface area contributed by atoms with Crippen LogP contribution in [0.1, 0.15) is 25.3 Å². The number of carbonyl (C=O) groups excluding carboxylic acids is 1. The summed E-state index contributed by atoms with van der Waals surface area (Å²) in [5.74, 6) is 1.02. The van der Waals surface area contributed by atoms with E-state index in [-0.39, 0.29) is 12.6 Å². The van der Waals surface area contributed by atoms with Crippen LogP contribution < -0.4 is 14.8 Å². The largest absolute Gasteiger partial charge is 0.493 e. The lowest BCUT2D eigenvalue weighted by atomic mass is 10.1. The van der Waals surface area contributed by atoms with Crippen LogP contribution in [-0.2, 0) is 16.0 Å². The van der Waals surface area contributed by atoms with E-state index in [4.69, 9.17) is 14.2 Å². The summed E-state index contributed by atoms with van der Waals surface area (Å²) in [7, 11) is 3.00. The zero-order valence-corrected chi connectivity index (χ0v) is 12.8. The molecule has 0 saturated heterocycles. The lowest BCUT2D eigenvalue weighted by Crippen LogP contribution is -2.43. The maximum absolute atomic E-state index is 11.8. The predicted molar refractivity (Wildman–Crippen MR) is 79.8 cm³/mol. The predicted octanol–water partition coefficient (Wildman–Crippen LogP) is 1.93. The third-order valence-electron chi connectivity index (χ3n) is 3.54. The lowest BCUT2D eigenvalue weighted by Gasteiger charge is -2.18. The van der Waals surface area contributed by atoms with E-state index in [1.807, 2.05) is 18.2 Å². The summed E-state index contributed by atoms with van der Waals surface area (Å²) in [6, 6.07) is 5.79. The second kappa shape index (κ2) is 7.31. The van der Waals surface area contributed by atoms with Gasteiger partial charge in [0.1, 0.15) is 12.6 Å². The molecule has 0 aromatic heterocycles. The van der Waals surface area contributed by atoms with Crippen molar-refractivity contribution in [3.63, 3.8) is 0 Å². The van der Waals surface area contributed by atoms with Gasteiger partial charge in [-0.2, -0.15) is 0 Å². The maximum Gasteiger partial charge on any atom is 0.326 e. The molecule has 1 aliphatic carbocycles. The van der Waals surface area contributed by atoms with E-state index in [9.17, 15) is 4.79 Å². The van der Waals surface area contributed by atoms with Gasteiger partial charge in [-0.15, -0.1) is 0 Å². The molecular weight excluding hydrogens is 270 g/mol. The number of esters is 1. The van der Waals surface area contributed by atoms with E-state index in [2.05, 4.69) is 12.2 Å². The molecule has 0 spiro atoms. The van der Waals surface area contributed by atoms with Crippen LogP contribution in [0.5, 0.6) is 11.5 Å². The zero-order chi connectivity index (χ0) is 15.2. The van der Waals surface area contributed by atoms with E-state index in [0.29, 0.717) is 17.5 Å². The molecule has 0 heterocycles. The number of rotatable bonds is 8. The van der Waals surface area contributed by atoms with Gasteiger partial charge in [0.15, 0.2) is 11.5 Å². The molecule has 21 heavy (non-hydrogen) atoms. The average Bonchev–Trinajstić information content (AvgIpc) is 3.34. The van der Waals surface area contributed by atoms with Gasteiger partial charge in [-0.1, -0.05) is 13.0 Å². The fourth-order valence-corrected chi connectivity index (χ4v) is 2.09. The molecule has 1 saturated carbocycles. The van der Waals surface area contributed by atoms with Crippen molar-refractivity contribution in [2.75, 3.05) is 20.8 Å². The molecule has 1 aliphatic rings. The Morgan fingerprint density at radius 2 is 2.10 bits per heavy atom. The molecule has 0 amide bonds. The number of hydrogen-bond donors (Lipinski definition) is 1. The quantitative estimate of drug-likeness (QED) is 0.742. The Kier molecular flexibility index (Phi) is 5.44. The molecule has 0 aliphatic heterocycles. The lowest BCUT2D eigenvalue weighted by molar-refractivity contribution is -0.144. The molecule has 1 unspecified atom stereocenters. The van der Waals surface area contributed by atoms with Gasteiger partial charge in [-0.05, 0) is 37.0 Å². The van der Waals surface area contributed by atoms with Crippen molar-refractivity contribution in [2.24, 2.45) is 0 Å². The second-order valence-corrected chi connectivity index (χ2v) is 5.17. The summed E-state index contributed by atoms with van der Waals surface area (Å²) < 4.78 is 15.9. The molecule has 1 aromatic carbocycles. The fraction of sp³-hybridized carbons (Fsp3) is 0.562. The standard InChI is InChI=1S/C16H23NO4/c1-4-11-5-8-14(15(9-11)19-2)21-10-13(16(18)20-3)17-12-6-7-12/h5,8-9,12-13,17H,4,6-7,10H2,1-3H3. The van der Waals surface area contributed by atoms with Crippen LogP contribution in [0.2, 0.25) is 0 Å². The molecule has 5 heteroatoms. The molecule has 2 rings (SSSR count). The fourth-order valence-electron chi connectivity index (χ4n) is 2.09. The van der Waals surface area contributed by atoms with Crippen molar-refractivity contribution in [3.8, 4) is 11.5 Å².